The third-order valence-electron chi connectivity index (χ3n) is 4.50. The Balaban J connectivity index is 1.74. The highest BCUT2D eigenvalue weighted by Gasteiger charge is 2.25. The van der Waals surface area contributed by atoms with Gasteiger partial charge >= 0.3 is 0 Å². The van der Waals surface area contributed by atoms with Crippen LogP contribution in [0.15, 0.2) is 47.4 Å². The molecule has 0 radical (unpaired) electrons. The third-order valence-corrected chi connectivity index (χ3v) is 6.41. The van der Waals surface area contributed by atoms with E-state index in [1.54, 1.807) is 19.1 Å². The molecule has 0 aliphatic carbocycles. The standard InChI is InChI=1S/C19H21FN2O3S/c1-14-5-8-16(13-18(14)20)21-19(23)15-6-9-17(10-7-15)26(24,25)22-11-3-2-4-12-22/h5-10,13H,2-4,11-12H2,1H3,(H,21,23). The van der Waals surface area contributed by atoms with Gasteiger partial charge in [-0.05, 0) is 61.7 Å². The second-order valence-electron chi connectivity index (χ2n) is 6.41. The highest BCUT2D eigenvalue weighted by atomic mass is 32.2. The molecule has 1 heterocycles. The van der Waals surface area contributed by atoms with E-state index in [-0.39, 0.29) is 4.90 Å². The van der Waals surface area contributed by atoms with Gasteiger partial charge < -0.3 is 5.32 Å². The zero-order chi connectivity index (χ0) is 18.7. The summed E-state index contributed by atoms with van der Waals surface area (Å²) in [5, 5.41) is 2.61. The van der Waals surface area contributed by atoms with Crippen LogP contribution in [0.25, 0.3) is 0 Å². The molecule has 1 saturated heterocycles. The molecule has 2 aromatic rings. The molecule has 0 aromatic heterocycles. The molecule has 1 aliphatic rings. The first kappa shape index (κ1) is 18.5. The molecule has 0 unspecified atom stereocenters. The van der Waals surface area contributed by atoms with Gasteiger partial charge in [0, 0.05) is 24.3 Å². The molecule has 26 heavy (non-hydrogen) atoms. The summed E-state index contributed by atoms with van der Waals surface area (Å²) in [7, 11) is -3.52. The van der Waals surface area contributed by atoms with Crippen molar-refractivity contribution < 1.29 is 17.6 Å². The van der Waals surface area contributed by atoms with Gasteiger partial charge in [-0.1, -0.05) is 12.5 Å². The molecule has 3 rings (SSSR count). The van der Waals surface area contributed by atoms with Crippen molar-refractivity contribution in [3.05, 3.63) is 59.4 Å². The van der Waals surface area contributed by atoms with Gasteiger partial charge in [-0.3, -0.25) is 4.79 Å². The molecule has 7 heteroatoms. The van der Waals surface area contributed by atoms with Gasteiger partial charge in [0.1, 0.15) is 5.82 Å². The zero-order valence-electron chi connectivity index (χ0n) is 14.5. The first-order valence-corrected chi connectivity index (χ1v) is 10.00. The summed E-state index contributed by atoms with van der Waals surface area (Å²) < 4.78 is 40.3. The lowest BCUT2D eigenvalue weighted by Crippen LogP contribution is -2.35. The summed E-state index contributed by atoms with van der Waals surface area (Å²) in [6.45, 7) is 2.70. The zero-order valence-corrected chi connectivity index (χ0v) is 15.4. The number of nitrogens with one attached hydrogen (secondary N) is 1. The van der Waals surface area contributed by atoms with Crippen molar-refractivity contribution in [2.24, 2.45) is 0 Å². The molecule has 0 bridgehead atoms. The predicted molar refractivity (Wildman–Crippen MR) is 98.1 cm³/mol. The molecular weight excluding hydrogens is 355 g/mol. The first-order chi connectivity index (χ1) is 12.4. The fourth-order valence-electron chi connectivity index (χ4n) is 2.91. The summed E-state index contributed by atoms with van der Waals surface area (Å²) in [5.74, 6) is -0.819. The van der Waals surface area contributed by atoms with Gasteiger partial charge in [0.15, 0.2) is 0 Å². The monoisotopic (exact) mass is 376 g/mol. The summed E-state index contributed by atoms with van der Waals surface area (Å²) in [6, 6.07) is 10.3. The molecule has 0 spiro atoms. The van der Waals surface area contributed by atoms with Crippen LogP contribution >= 0.6 is 0 Å². The van der Waals surface area contributed by atoms with Crippen molar-refractivity contribution >= 4 is 21.6 Å². The average molecular weight is 376 g/mol. The molecule has 138 valence electrons. The summed E-state index contributed by atoms with van der Waals surface area (Å²) >= 11 is 0. The van der Waals surface area contributed by atoms with E-state index in [4.69, 9.17) is 0 Å². The SMILES string of the molecule is Cc1ccc(NC(=O)c2ccc(S(=O)(=O)N3CCCCC3)cc2)cc1F. The van der Waals surface area contributed by atoms with Crippen LogP contribution in [0.2, 0.25) is 0 Å². The van der Waals surface area contributed by atoms with Crippen molar-refractivity contribution in [1.82, 2.24) is 4.31 Å². The maximum Gasteiger partial charge on any atom is 0.255 e. The molecule has 1 N–H and O–H groups in total. The van der Waals surface area contributed by atoms with E-state index in [9.17, 15) is 17.6 Å². The number of anilines is 1. The smallest absolute Gasteiger partial charge is 0.255 e. The maximum atomic E-state index is 13.6. The van der Waals surface area contributed by atoms with Crippen LogP contribution < -0.4 is 5.32 Å². The van der Waals surface area contributed by atoms with Crippen LogP contribution in [0.4, 0.5) is 10.1 Å². The van der Waals surface area contributed by atoms with Gasteiger partial charge in [-0.15, -0.1) is 0 Å². The van der Waals surface area contributed by atoms with Gasteiger partial charge in [0.25, 0.3) is 5.91 Å². The largest absolute Gasteiger partial charge is 0.322 e. The summed E-state index contributed by atoms with van der Waals surface area (Å²) in [6.07, 6.45) is 2.78. The minimum absolute atomic E-state index is 0.178. The Labute approximate surface area is 152 Å². The second kappa shape index (κ2) is 7.55. The number of carbonyl (C=O) groups excluding carboxylic acids is 1. The number of hydrogen-bond acceptors (Lipinski definition) is 3. The number of nitrogens with zero attached hydrogens (tertiary/aromatic N) is 1. The number of hydrogen-bond donors (Lipinski definition) is 1. The number of halogens is 1. The number of aryl methyl sites for hydroxylation is 1. The lowest BCUT2D eigenvalue weighted by Gasteiger charge is -2.25. The Morgan fingerprint density at radius 3 is 2.31 bits per heavy atom. The third kappa shape index (κ3) is 3.94. The Kier molecular flexibility index (Phi) is 5.38. The lowest BCUT2D eigenvalue weighted by molar-refractivity contribution is 0.102. The molecule has 5 nitrogen and oxygen atoms in total. The van der Waals surface area contributed by atoms with E-state index in [1.165, 1.54) is 34.6 Å². The molecule has 1 aliphatic heterocycles. The topological polar surface area (TPSA) is 66.5 Å². The number of carbonyl (C=O) groups is 1. The van der Waals surface area contributed by atoms with E-state index >= 15 is 0 Å². The van der Waals surface area contributed by atoms with Gasteiger partial charge in [0.2, 0.25) is 10.0 Å². The number of piperidine rings is 1. The normalized spacial score (nSPS) is 15.6. The van der Waals surface area contributed by atoms with E-state index in [1.807, 2.05) is 0 Å². The van der Waals surface area contributed by atoms with Crippen LogP contribution in [0, 0.1) is 12.7 Å². The average Bonchev–Trinajstić information content (AvgIpc) is 2.65. The van der Waals surface area contributed by atoms with Crippen LogP contribution in [-0.2, 0) is 10.0 Å². The van der Waals surface area contributed by atoms with E-state index in [0.717, 1.165) is 19.3 Å². The number of benzene rings is 2. The fourth-order valence-corrected chi connectivity index (χ4v) is 4.42. The maximum absolute atomic E-state index is 13.6. The minimum atomic E-state index is -3.52. The highest BCUT2D eigenvalue weighted by Crippen LogP contribution is 2.21. The van der Waals surface area contributed by atoms with E-state index in [2.05, 4.69) is 5.32 Å². The lowest BCUT2D eigenvalue weighted by atomic mass is 10.2. The molecule has 0 atom stereocenters. The van der Waals surface area contributed by atoms with Gasteiger partial charge in [0.05, 0.1) is 4.90 Å². The molecule has 0 saturated carbocycles. The van der Waals surface area contributed by atoms with Crippen LogP contribution in [0.5, 0.6) is 0 Å². The van der Waals surface area contributed by atoms with Crippen molar-refractivity contribution in [3.63, 3.8) is 0 Å². The van der Waals surface area contributed by atoms with Gasteiger partial charge in [-0.2, -0.15) is 4.31 Å². The van der Waals surface area contributed by atoms with Crippen LogP contribution in [-0.4, -0.2) is 31.7 Å². The predicted octanol–water partition coefficient (Wildman–Crippen LogP) is 3.56. The Bertz CT molecular complexity index is 905. The first-order valence-electron chi connectivity index (χ1n) is 8.55. The summed E-state index contributed by atoms with van der Waals surface area (Å²) in [5.41, 5.74) is 1.15. The quantitative estimate of drug-likeness (QED) is 0.887. The number of sulfonamides is 1. The van der Waals surface area contributed by atoms with Crippen molar-refractivity contribution in [3.8, 4) is 0 Å². The molecule has 1 amide bonds. The Morgan fingerprint density at radius 1 is 1.04 bits per heavy atom. The van der Waals surface area contributed by atoms with Crippen molar-refractivity contribution in [2.75, 3.05) is 18.4 Å². The number of amides is 1. The van der Waals surface area contributed by atoms with Crippen molar-refractivity contribution in [2.45, 2.75) is 31.1 Å². The van der Waals surface area contributed by atoms with Crippen LogP contribution in [0.3, 0.4) is 0 Å². The van der Waals surface area contributed by atoms with E-state index < -0.39 is 21.7 Å². The highest BCUT2D eigenvalue weighted by molar-refractivity contribution is 7.89. The molecule has 1 fully saturated rings. The molecule has 2 aromatic carbocycles. The second-order valence-corrected chi connectivity index (χ2v) is 8.35. The van der Waals surface area contributed by atoms with Crippen molar-refractivity contribution in [1.29, 1.82) is 0 Å². The number of rotatable bonds is 4. The molecular formula is C19H21FN2O3S. The van der Waals surface area contributed by atoms with Crippen LogP contribution in [0.1, 0.15) is 35.2 Å². The fraction of sp³-hybridized carbons (Fsp3) is 0.316. The summed E-state index contributed by atoms with van der Waals surface area (Å²) in [4.78, 5) is 12.5. The minimum Gasteiger partial charge on any atom is -0.322 e. The van der Waals surface area contributed by atoms with E-state index in [0.29, 0.717) is 29.9 Å². The van der Waals surface area contributed by atoms with Gasteiger partial charge in [-0.25, -0.2) is 12.8 Å². The Hall–Kier alpha value is -2.25. The Morgan fingerprint density at radius 2 is 1.69 bits per heavy atom.